The number of rotatable bonds is 8. The van der Waals surface area contributed by atoms with Crippen molar-refractivity contribution in [1.29, 1.82) is 0 Å². The number of sulfonamides is 1. The van der Waals surface area contributed by atoms with Gasteiger partial charge in [0.25, 0.3) is 0 Å². The van der Waals surface area contributed by atoms with E-state index in [1.807, 2.05) is 62.0 Å². The van der Waals surface area contributed by atoms with Gasteiger partial charge in [0.15, 0.2) is 0 Å². The summed E-state index contributed by atoms with van der Waals surface area (Å²) in [6.07, 6.45) is 3.63. The van der Waals surface area contributed by atoms with E-state index in [-0.39, 0.29) is 4.90 Å². The van der Waals surface area contributed by atoms with Crippen LogP contribution in [0.3, 0.4) is 0 Å². The Morgan fingerprint density at radius 2 is 1.80 bits per heavy atom. The van der Waals surface area contributed by atoms with Crippen LogP contribution in [-0.4, -0.2) is 76.1 Å². The van der Waals surface area contributed by atoms with Gasteiger partial charge in [-0.15, -0.1) is 5.10 Å². The van der Waals surface area contributed by atoms with Crippen LogP contribution >= 0.6 is 0 Å². The lowest BCUT2D eigenvalue weighted by Crippen LogP contribution is -2.40. The topological polar surface area (TPSA) is 119 Å². The lowest BCUT2D eigenvalue weighted by molar-refractivity contribution is 0.0361. The molecule has 2 aromatic carbocycles. The normalized spacial score (nSPS) is 15.1. The van der Waals surface area contributed by atoms with E-state index in [0.717, 1.165) is 72.8 Å². The predicted octanol–water partition coefficient (Wildman–Crippen LogP) is 3.90. The maximum absolute atomic E-state index is 12.9. The van der Waals surface area contributed by atoms with Crippen LogP contribution < -0.4 is 10.0 Å². The molecule has 1 saturated heterocycles. The highest BCUT2D eigenvalue weighted by atomic mass is 32.2. The fourth-order valence-electron chi connectivity index (χ4n) is 4.98. The lowest BCUT2D eigenvalue weighted by atomic mass is 10.1. The molecule has 6 rings (SSSR count). The Labute approximate surface area is 239 Å². The Bertz CT molecular complexity index is 1800. The van der Waals surface area contributed by atoms with Crippen LogP contribution in [0.5, 0.6) is 0 Å². The van der Waals surface area contributed by atoms with Crippen LogP contribution in [0.2, 0.25) is 0 Å². The number of aromatic nitrogens is 5. The SMILES string of the molecule is CC(C)(C)NS(=O)(=O)c1cccc(-c2ccc3cnc(Nc4ccc5cnn(CCN6CCOCC6)c5c4)nn23)c1. The number of nitrogens with zero attached hydrogens (tertiary/aromatic N) is 6. The number of hydrogen-bond acceptors (Lipinski definition) is 8. The van der Waals surface area contributed by atoms with Gasteiger partial charge in [-0.25, -0.2) is 22.6 Å². The minimum atomic E-state index is -3.68. The molecule has 11 nitrogen and oxygen atoms in total. The summed E-state index contributed by atoms with van der Waals surface area (Å²) < 4.78 is 37.8. The molecule has 1 fully saturated rings. The molecule has 0 amide bonds. The van der Waals surface area contributed by atoms with Crippen molar-refractivity contribution in [3.63, 3.8) is 0 Å². The molecular weight excluding hydrogens is 540 g/mol. The van der Waals surface area contributed by atoms with Gasteiger partial charge in [-0.3, -0.25) is 9.58 Å². The van der Waals surface area contributed by atoms with E-state index < -0.39 is 15.6 Å². The summed E-state index contributed by atoms with van der Waals surface area (Å²) in [5.41, 5.74) is 3.58. The van der Waals surface area contributed by atoms with E-state index >= 15 is 0 Å². The molecule has 5 aromatic rings. The van der Waals surface area contributed by atoms with Gasteiger partial charge in [-0.2, -0.15) is 5.10 Å². The molecule has 0 radical (unpaired) electrons. The standard InChI is InChI=1S/C29H34N8O3S/c1-29(2,3)34-41(38,39)25-6-4-5-21(17-25)26-10-9-24-20-30-28(33-37(24)26)32-23-8-7-22-19-31-36(27(22)18-23)12-11-35-13-15-40-16-14-35/h4-10,17-20,34H,11-16H2,1-3H3,(H,32,33). The average molecular weight is 575 g/mol. The lowest BCUT2D eigenvalue weighted by Gasteiger charge is -2.26. The molecule has 1 aliphatic rings. The Balaban J connectivity index is 1.25. The van der Waals surface area contributed by atoms with Gasteiger partial charge in [0.1, 0.15) is 0 Å². The second-order valence-corrected chi connectivity index (χ2v) is 12.9. The maximum Gasteiger partial charge on any atom is 0.245 e. The maximum atomic E-state index is 12.9. The van der Waals surface area contributed by atoms with Crippen LogP contribution in [0, 0.1) is 0 Å². The fourth-order valence-corrected chi connectivity index (χ4v) is 6.44. The molecule has 4 heterocycles. The number of benzene rings is 2. The molecule has 214 valence electrons. The highest BCUT2D eigenvalue weighted by Gasteiger charge is 2.22. The molecule has 41 heavy (non-hydrogen) atoms. The van der Waals surface area contributed by atoms with E-state index in [2.05, 4.69) is 31.1 Å². The quantitative estimate of drug-likeness (QED) is 0.287. The number of fused-ring (bicyclic) bond motifs is 2. The summed E-state index contributed by atoms with van der Waals surface area (Å²) in [5, 5.41) is 13.7. The molecule has 0 atom stereocenters. The van der Waals surface area contributed by atoms with E-state index in [9.17, 15) is 8.42 Å². The summed E-state index contributed by atoms with van der Waals surface area (Å²) in [6, 6.07) is 16.8. The summed E-state index contributed by atoms with van der Waals surface area (Å²) in [6.45, 7) is 10.6. The molecular formula is C29H34N8O3S. The van der Waals surface area contributed by atoms with Crippen LogP contribution in [0.15, 0.2) is 71.9 Å². The minimum absolute atomic E-state index is 0.200. The first-order valence-electron chi connectivity index (χ1n) is 13.7. The average Bonchev–Trinajstić information content (AvgIpc) is 3.55. The van der Waals surface area contributed by atoms with Crippen molar-refractivity contribution in [2.45, 2.75) is 37.8 Å². The molecule has 0 spiro atoms. The van der Waals surface area contributed by atoms with Crippen molar-refractivity contribution in [3.05, 3.63) is 67.0 Å². The van der Waals surface area contributed by atoms with E-state index in [0.29, 0.717) is 5.95 Å². The van der Waals surface area contributed by atoms with Gasteiger partial charge < -0.3 is 10.1 Å². The number of hydrogen-bond donors (Lipinski definition) is 2. The van der Waals surface area contributed by atoms with Gasteiger partial charge >= 0.3 is 0 Å². The first-order valence-corrected chi connectivity index (χ1v) is 15.1. The Morgan fingerprint density at radius 3 is 2.61 bits per heavy atom. The predicted molar refractivity (Wildman–Crippen MR) is 159 cm³/mol. The second-order valence-electron chi connectivity index (χ2n) is 11.2. The highest BCUT2D eigenvalue weighted by molar-refractivity contribution is 7.89. The zero-order valence-corrected chi connectivity index (χ0v) is 24.2. The number of ether oxygens (including phenoxy) is 1. The molecule has 0 bridgehead atoms. The zero-order valence-electron chi connectivity index (χ0n) is 23.4. The third-order valence-electron chi connectivity index (χ3n) is 6.91. The second kappa shape index (κ2) is 10.9. The van der Waals surface area contributed by atoms with Crippen molar-refractivity contribution in [3.8, 4) is 11.3 Å². The summed E-state index contributed by atoms with van der Waals surface area (Å²) >= 11 is 0. The number of nitrogens with one attached hydrogen (secondary N) is 2. The van der Waals surface area contributed by atoms with E-state index in [1.165, 1.54) is 0 Å². The molecule has 0 unspecified atom stereocenters. The molecule has 2 N–H and O–H groups in total. The van der Waals surface area contributed by atoms with Gasteiger partial charge in [-0.1, -0.05) is 12.1 Å². The van der Waals surface area contributed by atoms with Crippen molar-refractivity contribution < 1.29 is 13.2 Å². The third-order valence-corrected chi connectivity index (χ3v) is 8.67. The first kappa shape index (κ1) is 27.3. The van der Waals surface area contributed by atoms with Gasteiger partial charge in [0.2, 0.25) is 16.0 Å². The van der Waals surface area contributed by atoms with Gasteiger partial charge in [0.05, 0.1) is 53.8 Å². The molecule has 1 aliphatic heterocycles. The van der Waals surface area contributed by atoms with Crippen LogP contribution in [0.1, 0.15) is 20.8 Å². The van der Waals surface area contributed by atoms with Crippen molar-refractivity contribution in [2.24, 2.45) is 0 Å². The molecule has 12 heteroatoms. The molecule has 0 saturated carbocycles. The van der Waals surface area contributed by atoms with E-state index in [1.54, 1.807) is 28.9 Å². The fraction of sp³-hybridized carbons (Fsp3) is 0.345. The van der Waals surface area contributed by atoms with Crippen LogP contribution in [0.4, 0.5) is 11.6 Å². The van der Waals surface area contributed by atoms with Crippen LogP contribution in [-0.2, 0) is 21.3 Å². The Morgan fingerprint density at radius 1 is 0.976 bits per heavy atom. The minimum Gasteiger partial charge on any atom is -0.379 e. The van der Waals surface area contributed by atoms with Crippen LogP contribution in [0.25, 0.3) is 27.7 Å². The van der Waals surface area contributed by atoms with Crippen molar-refractivity contribution >= 4 is 38.1 Å². The Hall–Kier alpha value is -3.84. The van der Waals surface area contributed by atoms with Gasteiger partial charge in [0, 0.05) is 41.8 Å². The number of anilines is 2. The smallest absolute Gasteiger partial charge is 0.245 e. The van der Waals surface area contributed by atoms with Crippen molar-refractivity contribution in [1.82, 2.24) is 34.0 Å². The first-order chi connectivity index (χ1) is 19.6. The number of morpholine rings is 1. The van der Waals surface area contributed by atoms with Gasteiger partial charge in [-0.05, 0) is 63.2 Å². The van der Waals surface area contributed by atoms with Crippen molar-refractivity contribution in [2.75, 3.05) is 38.2 Å². The monoisotopic (exact) mass is 574 g/mol. The van der Waals surface area contributed by atoms with E-state index in [4.69, 9.17) is 9.84 Å². The zero-order chi connectivity index (χ0) is 28.6. The molecule has 3 aromatic heterocycles. The largest absolute Gasteiger partial charge is 0.379 e. The summed E-state index contributed by atoms with van der Waals surface area (Å²) in [7, 11) is -3.68. The molecule has 0 aliphatic carbocycles. The Kier molecular flexibility index (Phi) is 7.24. The summed E-state index contributed by atoms with van der Waals surface area (Å²) in [5.74, 6) is 0.423. The highest BCUT2D eigenvalue weighted by Crippen LogP contribution is 2.26. The third kappa shape index (κ3) is 6.10. The summed E-state index contributed by atoms with van der Waals surface area (Å²) in [4.78, 5) is 7.10.